The highest BCUT2D eigenvalue weighted by molar-refractivity contribution is 9.10. The Kier molecular flexibility index (Phi) is 3.98. The fraction of sp³-hybridized carbons (Fsp3) is 0.222. The van der Waals surface area contributed by atoms with Crippen LogP contribution in [0.1, 0.15) is 22.3 Å². The van der Waals surface area contributed by atoms with Crippen LogP contribution in [0.15, 0.2) is 22.8 Å². The van der Waals surface area contributed by atoms with E-state index in [1.165, 1.54) is 0 Å². The molecule has 0 unspecified atom stereocenters. The van der Waals surface area contributed by atoms with Gasteiger partial charge in [-0.2, -0.15) is 5.26 Å². The van der Waals surface area contributed by atoms with E-state index in [0.717, 1.165) is 38.1 Å². The van der Waals surface area contributed by atoms with Crippen molar-refractivity contribution in [3.63, 3.8) is 0 Å². The fourth-order valence-electron chi connectivity index (χ4n) is 3.03. The van der Waals surface area contributed by atoms with Gasteiger partial charge >= 0.3 is 0 Å². The lowest BCUT2D eigenvalue weighted by Crippen LogP contribution is -2.06. The molecule has 122 valence electrons. The molecular formula is C18H17BrN4O. The van der Waals surface area contributed by atoms with E-state index in [1.807, 2.05) is 43.5 Å². The summed E-state index contributed by atoms with van der Waals surface area (Å²) in [7, 11) is 1.64. The number of halogens is 1. The molecule has 0 spiro atoms. The van der Waals surface area contributed by atoms with Crippen molar-refractivity contribution in [2.45, 2.75) is 20.8 Å². The molecule has 0 aliphatic rings. The molecule has 3 aromatic rings. The molecule has 0 aliphatic carbocycles. The number of fused-ring (bicyclic) bond motifs is 1. The number of ether oxygens (including phenoxy) is 1. The largest absolute Gasteiger partial charge is 0.496 e. The topological polar surface area (TPSA) is 76.9 Å². The number of nitrogen functional groups attached to an aromatic ring is 1. The molecule has 0 radical (unpaired) electrons. The Hall–Kier alpha value is -2.52. The summed E-state index contributed by atoms with van der Waals surface area (Å²) in [6.07, 6.45) is 0. The van der Waals surface area contributed by atoms with Gasteiger partial charge in [0.25, 0.3) is 0 Å². The minimum atomic E-state index is 0.386. The maximum atomic E-state index is 9.57. The number of nitriles is 1. The average Bonchev–Trinajstić information content (AvgIpc) is 2.80. The number of hydrogen-bond donors (Lipinski definition) is 1. The molecular weight excluding hydrogens is 368 g/mol. The number of pyridine rings is 1. The molecule has 0 bridgehead atoms. The second kappa shape index (κ2) is 5.84. The summed E-state index contributed by atoms with van der Waals surface area (Å²) in [5.74, 6) is 1.15. The zero-order valence-electron chi connectivity index (χ0n) is 13.9. The highest BCUT2D eigenvalue weighted by atomic mass is 79.9. The van der Waals surface area contributed by atoms with Crippen LogP contribution in [-0.4, -0.2) is 16.7 Å². The lowest BCUT2D eigenvalue weighted by molar-refractivity contribution is 0.411. The molecule has 3 rings (SSSR count). The number of anilines is 1. The van der Waals surface area contributed by atoms with Crippen molar-refractivity contribution in [1.29, 1.82) is 5.26 Å². The Morgan fingerprint density at radius 1 is 1.25 bits per heavy atom. The number of nitrogens with zero attached hydrogens (tertiary/aromatic N) is 3. The van der Waals surface area contributed by atoms with Gasteiger partial charge in [-0.1, -0.05) is 6.07 Å². The van der Waals surface area contributed by atoms with Crippen LogP contribution in [-0.2, 0) is 0 Å². The van der Waals surface area contributed by atoms with E-state index >= 15 is 0 Å². The first-order valence-corrected chi connectivity index (χ1v) is 8.21. The van der Waals surface area contributed by atoms with Gasteiger partial charge < -0.3 is 10.5 Å². The number of hydrogen-bond acceptors (Lipinski definition) is 4. The van der Waals surface area contributed by atoms with Gasteiger partial charge in [-0.3, -0.25) is 4.57 Å². The van der Waals surface area contributed by atoms with Crippen LogP contribution in [0.4, 0.5) is 5.82 Å². The first-order valence-electron chi connectivity index (χ1n) is 7.42. The number of methoxy groups -OCH3 is 1. The van der Waals surface area contributed by atoms with Crippen LogP contribution in [0.2, 0.25) is 0 Å². The molecule has 2 heterocycles. The first kappa shape index (κ1) is 16.3. The van der Waals surface area contributed by atoms with Gasteiger partial charge in [0, 0.05) is 10.9 Å². The Morgan fingerprint density at radius 3 is 2.58 bits per heavy atom. The van der Waals surface area contributed by atoms with Crippen molar-refractivity contribution in [3.05, 3.63) is 45.1 Å². The molecule has 0 atom stereocenters. The Bertz CT molecular complexity index is 1010. The van der Waals surface area contributed by atoms with Crippen LogP contribution < -0.4 is 10.5 Å². The van der Waals surface area contributed by atoms with Gasteiger partial charge in [-0.05, 0) is 60.0 Å². The molecule has 24 heavy (non-hydrogen) atoms. The van der Waals surface area contributed by atoms with Gasteiger partial charge in [0.2, 0.25) is 0 Å². The van der Waals surface area contributed by atoms with E-state index in [1.54, 1.807) is 7.11 Å². The molecule has 0 fully saturated rings. The van der Waals surface area contributed by atoms with Gasteiger partial charge in [0.05, 0.1) is 12.8 Å². The van der Waals surface area contributed by atoms with Gasteiger partial charge in [-0.25, -0.2) is 4.98 Å². The predicted molar refractivity (Wildman–Crippen MR) is 98.7 cm³/mol. The molecule has 0 amide bonds. The molecule has 0 saturated heterocycles. The Labute approximate surface area is 148 Å². The number of aromatic nitrogens is 2. The molecule has 0 aliphatic heterocycles. The van der Waals surface area contributed by atoms with E-state index in [-0.39, 0.29) is 0 Å². The Morgan fingerprint density at radius 2 is 1.96 bits per heavy atom. The molecule has 2 N–H and O–H groups in total. The zero-order chi connectivity index (χ0) is 17.6. The third-order valence-corrected chi connectivity index (χ3v) is 5.05. The molecule has 1 aromatic carbocycles. The van der Waals surface area contributed by atoms with Crippen molar-refractivity contribution in [3.8, 4) is 17.5 Å². The number of rotatable bonds is 2. The summed E-state index contributed by atoms with van der Waals surface area (Å²) in [5.41, 5.74) is 11.2. The van der Waals surface area contributed by atoms with Gasteiger partial charge in [0.15, 0.2) is 0 Å². The minimum absolute atomic E-state index is 0.386. The number of benzene rings is 1. The third-order valence-electron chi connectivity index (χ3n) is 4.25. The number of nitrogens with two attached hydrogens (primary N) is 1. The fourth-order valence-corrected chi connectivity index (χ4v) is 3.31. The van der Waals surface area contributed by atoms with E-state index in [9.17, 15) is 5.26 Å². The molecule has 6 heteroatoms. The summed E-state index contributed by atoms with van der Waals surface area (Å²) in [6.45, 7) is 5.91. The molecule has 2 aromatic heterocycles. The van der Waals surface area contributed by atoms with E-state index < -0.39 is 0 Å². The van der Waals surface area contributed by atoms with Crippen LogP contribution in [0.3, 0.4) is 0 Å². The van der Waals surface area contributed by atoms with Crippen molar-refractivity contribution in [2.75, 3.05) is 12.8 Å². The zero-order valence-corrected chi connectivity index (χ0v) is 15.5. The highest BCUT2D eigenvalue weighted by Gasteiger charge is 2.21. The summed E-state index contributed by atoms with van der Waals surface area (Å²) in [4.78, 5) is 4.63. The standard InChI is InChI=1S/C18H17BrN4O/c1-9-5-6-14(24-4)11(3)15(9)23-17(21)13(8-20)12-7-10(2)16(19)22-18(12)23/h5-7H,21H2,1-4H3. The lowest BCUT2D eigenvalue weighted by Gasteiger charge is -2.16. The van der Waals surface area contributed by atoms with Gasteiger partial charge in [-0.15, -0.1) is 0 Å². The Balaban J connectivity index is 2.51. The minimum Gasteiger partial charge on any atom is -0.496 e. The van der Waals surface area contributed by atoms with Crippen molar-refractivity contribution in [2.24, 2.45) is 0 Å². The number of aryl methyl sites for hydroxylation is 2. The van der Waals surface area contributed by atoms with Crippen LogP contribution in [0, 0.1) is 32.1 Å². The van der Waals surface area contributed by atoms with Crippen LogP contribution in [0.25, 0.3) is 16.7 Å². The van der Waals surface area contributed by atoms with Crippen molar-refractivity contribution in [1.82, 2.24) is 9.55 Å². The third kappa shape index (κ3) is 2.24. The average molecular weight is 385 g/mol. The summed E-state index contributed by atoms with van der Waals surface area (Å²) < 4.78 is 8.01. The second-order valence-corrected chi connectivity index (χ2v) is 6.48. The highest BCUT2D eigenvalue weighted by Crippen LogP contribution is 2.36. The van der Waals surface area contributed by atoms with E-state index in [4.69, 9.17) is 10.5 Å². The lowest BCUT2D eigenvalue weighted by atomic mass is 10.1. The van der Waals surface area contributed by atoms with Crippen molar-refractivity contribution >= 4 is 32.8 Å². The second-order valence-electron chi connectivity index (χ2n) is 5.73. The van der Waals surface area contributed by atoms with E-state index in [2.05, 4.69) is 27.0 Å². The smallest absolute Gasteiger partial charge is 0.148 e. The molecule has 5 nitrogen and oxygen atoms in total. The van der Waals surface area contributed by atoms with Crippen molar-refractivity contribution < 1.29 is 4.74 Å². The SMILES string of the molecule is COc1ccc(C)c(-n2c(N)c(C#N)c3cc(C)c(Br)nc32)c1C. The summed E-state index contributed by atoms with van der Waals surface area (Å²) in [5, 5.41) is 10.3. The normalized spacial score (nSPS) is 10.8. The maximum Gasteiger partial charge on any atom is 0.148 e. The monoisotopic (exact) mass is 384 g/mol. The maximum absolute atomic E-state index is 9.57. The quantitative estimate of drug-likeness (QED) is 0.672. The summed E-state index contributed by atoms with van der Waals surface area (Å²) in [6, 6.07) is 8.04. The van der Waals surface area contributed by atoms with Crippen LogP contribution in [0.5, 0.6) is 5.75 Å². The predicted octanol–water partition coefficient (Wildman–Crippen LogP) is 4.18. The first-order chi connectivity index (χ1) is 11.4. The van der Waals surface area contributed by atoms with Crippen LogP contribution >= 0.6 is 15.9 Å². The summed E-state index contributed by atoms with van der Waals surface area (Å²) >= 11 is 3.47. The van der Waals surface area contributed by atoms with Gasteiger partial charge in [0.1, 0.15) is 33.5 Å². The molecule has 0 saturated carbocycles. The van der Waals surface area contributed by atoms with E-state index in [0.29, 0.717) is 17.0 Å².